The lowest BCUT2D eigenvalue weighted by Gasteiger charge is -2.31. The number of carbonyl (C=O) groups is 3. The number of benzene rings is 1. The predicted octanol–water partition coefficient (Wildman–Crippen LogP) is 4.70. The van der Waals surface area contributed by atoms with Gasteiger partial charge in [0.15, 0.2) is 16.1 Å². The minimum Gasteiger partial charge on any atom is -0.444 e. The van der Waals surface area contributed by atoms with Crippen molar-refractivity contribution in [3.63, 3.8) is 0 Å². The van der Waals surface area contributed by atoms with Crippen LogP contribution in [0.15, 0.2) is 36.4 Å². The van der Waals surface area contributed by atoms with Crippen LogP contribution in [0.25, 0.3) is 10.4 Å². The minimum atomic E-state index is -3.93. The van der Waals surface area contributed by atoms with E-state index in [0.717, 1.165) is 29.7 Å². The molecule has 0 bridgehead atoms. The predicted molar refractivity (Wildman–Crippen MR) is 172 cm³/mol. The molecule has 1 aromatic heterocycles. The standard InChI is InChI=1S/C32H45N3O8S2/c1-5-23-9-11-24(12-10-23)25-13-14-26(44-25)32(22-27(36)34-43-29-8-6-7-20-41-29)16-18-35(19-21-45(32,39)40)28(37)15-17-33-30(38)42-31(2,3)4/h9-14,29H,5-8,15-22H2,1-4H3,(H,33,38)(H,34,36)/t29?,32-/m0/s1. The Labute approximate surface area is 269 Å². The van der Waals surface area contributed by atoms with Gasteiger partial charge in [-0.2, -0.15) is 0 Å². The fourth-order valence-electron chi connectivity index (χ4n) is 5.44. The van der Waals surface area contributed by atoms with Crippen LogP contribution in [0.2, 0.25) is 0 Å². The quantitative estimate of drug-likeness (QED) is 0.349. The van der Waals surface area contributed by atoms with Crippen molar-refractivity contribution in [2.24, 2.45) is 0 Å². The van der Waals surface area contributed by atoms with Gasteiger partial charge in [0.05, 0.1) is 12.2 Å². The second kappa shape index (κ2) is 15.1. The molecule has 3 heterocycles. The largest absolute Gasteiger partial charge is 0.444 e. The highest BCUT2D eigenvalue weighted by Crippen LogP contribution is 2.45. The van der Waals surface area contributed by atoms with Crippen LogP contribution in [0.5, 0.6) is 0 Å². The van der Waals surface area contributed by atoms with Crippen molar-refractivity contribution in [1.29, 1.82) is 0 Å². The van der Waals surface area contributed by atoms with Crippen LogP contribution < -0.4 is 10.8 Å². The molecule has 0 aliphatic carbocycles. The molecule has 0 spiro atoms. The lowest BCUT2D eigenvalue weighted by atomic mass is 9.97. The van der Waals surface area contributed by atoms with Gasteiger partial charge in [0.25, 0.3) is 0 Å². The Morgan fingerprint density at radius 1 is 1.09 bits per heavy atom. The smallest absolute Gasteiger partial charge is 0.407 e. The highest BCUT2D eigenvalue weighted by Gasteiger charge is 2.50. The first-order chi connectivity index (χ1) is 21.3. The number of nitrogens with one attached hydrogen (secondary N) is 2. The zero-order valence-electron chi connectivity index (χ0n) is 26.6. The molecule has 0 saturated carbocycles. The van der Waals surface area contributed by atoms with Crippen molar-refractivity contribution < 1.29 is 37.1 Å². The number of rotatable bonds is 10. The molecule has 2 atom stereocenters. The molecule has 2 N–H and O–H groups in total. The molecule has 0 radical (unpaired) electrons. The first kappa shape index (κ1) is 34.9. The maximum Gasteiger partial charge on any atom is 0.407 e. The molecule has 2 fully saturated rings. The summed E-state index contributed by atoms with van der Waals surface area (Å²) in [6, 6.07) is 11.8. The molecular formula is C32H45N3O8S2. The van der Waals surface area contributed by atoms with Crippen LogP contribution in [-0.4, -0.2) is 75.1 Å². The molecule has 13 heteroatoms. The summed E-state index contributed by atoms with van der Waals surface area (Å²) in [6.45, 7) is 8.02. The number of carbonyl (C=O) groups excluding carboxylic acids is 3. The Kier molecular flexibility index (Phi) is 11.7. The number of hydroxylamine groups is 1. The third kappa shape index (κ3) is 9.27. The molecule has 2 aliphatic heterocycles. The molecule has 2 aromatic rings. The van der Waals surface area contributed by atoms with Crippen molar-refractivity contribution in [1.82, 2.24) is 15.7 Å². The van der Waals surface area contributed by atoms with E-state index < -0.39 is 38.5 Å². The van der Waals surface area contributed by atoms with E-state index in [1.807, 2.05) is 30.3 Å². The van der Waals surface area contributed by atoms with Gasteiger partial charge in [-0.05, 0) is 69.7 Å². The van der Waals surface area contributed by atoms with Gasteiger partial charge in [-0.15, -0.1) is 11.3 Å². The molecule has 11 nitrogen and oxygen atoms in total. The molecule has 2 aliphatic rings. The number of amides is 3. The Morgan fingerprint density at radius 2 is 1.84 bits per heavy atom. The summed E-state index contributed by atoms with van der Waals surface area (Å²) in [5, 5.41) is 2.57. The van der Waals surface area contributed by atoms with E-state index >= 15 is 0 Å². The van der Waals surface area contributed by atoms with E-state index in [0.29, 0.717) is 17.9 Å². The van der Waals surface area contributed by atoms with Crippen LogP contribution in [0.1, 0.15) is 76.7 Å². The van der Waals surface area contributed by atoms with Crippen LogP contribution in [0.3, 0.4) is 0 Å². The molecule has 45 heavy (non-hydrogen) atoms. The van der Waals surface area contributed by atoms with Gasteiger partial charge < -0.3 is 19.7 Å². The number of thiophene rings is 1. The lowest BCUT2D eigenvalue weighted by molar-refractivity contribution is -0.200. The lowest BCUT2D eigenvalue weighted by Crippen LogP contribution is -2.43. The molecule has 4 rings (SSSR count). The van der Waals surface area contributed by atoms with Crippen LogP contribution in [-0.2, 0) is 44.9 Å². The fourth-order valence-corrected chi connectivity index (χ4v) is 9.05. The Morgan fingerprint density at radius 3 is 2.51 bits per heavy atom. The second-order valence-corrected chi connectivity index (χ2v) is 16.0. The maximum atomic E-state index is 14.1. The Bertz CT molecular complexity index is 1430. The Balaban J connectivity index is 1.54. The van der Waals surface area contributed by atoms with E-state index in [4.69, 9.17) is 14.3 Å². The van der Waals surface area contributed by atoms with Gasteiger partial charge in [0.1, 0.15) is 10.3 Å². The summed E-state index contributed by atoms with van der Waals surface area (Å²) < 4.78 is 37.5. The van der Waals surface area contributed by atoms with Crippen molar-refractivity contribution in [2.45, 2.75) is 89.3 Å². The fraction of sp³-hybridized carbons (Fsp3) is 0.594. The number of nitrogens with zero attached hydrogens (tertiary/aromatic N) is 1. The number of hydrogen-bond donors (Lipinski definition) is 2. The van der Waals surface area contributed by atoms with Crippen molar-refractivity contribution in [3.05, 3.63) is 46.8 Å². The average molecular weight is 664 g/mol. The molecule has 1 unspecified atom stereocenters. The van der Waals surface area contributed by atoms with Gasteiger partial charge >= 0.3 is 6.09 Å². The summed E-state index contributed by atoms with van der Waals surface area (Å²) in [4.78, 5) is 46.9. The van der Waals surface area contributed by atoms with Crippen molar-refractivity contribution >= 4 is 39.1 Å². The van der Waals surface area contributed by atoms with E-state index in [9.17, 15) is 22.8 Å². The van der Waals surface area contributed by atoms with Gasteiger partial charge in [0.2, 0.25) is 11.8 Å². The van der Waals surface area contributed by atoms with Crippen molar-refractivity contribution in [2.75, 3.05) is 32.0 Å². The van der Waals surface area contributed by atoms with Gasteiger partial charge in [-0.1, -0.05) is 31.2 Å². The molecule has 2 saturated heterocycles. The zero-order chi connectivity index (χ0) is 32.7. The summed E-state index contributed by atoms with van der Waals surface area (Å²) in [7, 11) is -3.93. The minimum absolute atomic E-state index is 0.0138. The summed E-state index contributed by atoms with van der Waals surface area (Å²) >= 11 is 1.35. The zero-order valence-corrected chi connectivity index (χ0v) is 28.2. The monoisotopic (exact) mass is 663 g/mol. The van der Waals surface area contributed by atoms with Gasteiger partial charge in [-0.3, -0.25) is 9.59 Å². The number of ether oxygens (including phenoxy) is 2. The highest BCUT2D eigenvalue weighted by molar-refractivity contribution is 7.92. The Hall–Kier alpha value is -3.00. The van der Waals surface area contributed by atoms with Gasteiger partial charge in [0, 0.05) is 48.8 Å². The topological polar surface area (TPSA) is 140 Å². The third-order valence-electron chi connectivity index (χ3n) is 7.96. The summed E-state index contributed by atoms with van der Waals surface area (Å²) in [5.41, 5.74) is 3.92. The maximum absolute atomic E-state index is 14.1. The number of hydrogen-bond acceptors (Lipinski definition) is 9. The molecular weight excluding hydrogens is 618 g/mol. The van der Waals surface area contributed by atoms with E-state index in [1.54, 1.807) is 26.8 Å². The van der Waals surface area contributed by atoms with Crippen LogP contribution >= 0.6 is 11.3 Å². The highest BCUT2D eigenvalue weighted by atomic mass is 32.2. The first-order valence-corrected chi connectivity index (χ1v) is 18.0. The normalized spacial score (nSPS) is 21.9. The number of sulfone groups is 1. The number of alkyl carbamates (subject to hydrolysis) is 1. The van der Waals surface area contributed by atoms with E-state index in [1.165, 1.54) is 21.8 Å². The molecule has 248 valence electrons. The van der Waals surface area contributed by atoms with Crippen LogP contribution in [0.4, 0.5) is 4.79 Å². The first-order valence-electron chi connectivity index (χ1n) is 15.5. The summed E-state index contributed by atoms with van der Waals surface area (Å²) in [6.07, 6.45) is 1.82. The van der Waals surface area contributed by atoms with E-state index in [2.05, 4.69) is 17.7 Å². The molecule has 3 amide bonds. The van der Waals surface area contributed by atoms with Crippen molar-refractivity contribution in [3.8, 4) is 10.4 Å². The van der Waals surface area contributed by atoms with Gasteiger partial charge in [-0.25, -0.2) is 23.5 Å². The molecule has 1 aromatic carbocycles. The van der Waals surface area contributed by atoms with Crippen LogP contribution in [0, 0.1) is 0 Å². The summed E-state index contributed by atoms with van der Waals surface area (Å²) in [5.74, 6) is -1.17. The average Bonchev–Trinajstić information content (AvgIpc) is 3.45. The second-order valence-electron chi connectivity index (χ2n) is 12.5. The van der Waals surface area contributed by atoms with E-state index in [-0.39, 0.29) is 50.6 Å². The SMILES string of the molecule is CCc1ccc(-c2ccc([C@@]3(CC(=O)NOC4CCCCO4)CCN(C(=O)CCNC(=O)OC(C)(C)C)CCS3(=O)=O)s2)cc1. The third-order valence-corrected chi connectivity index (χ3v) is 11.9. The number of aryl methyl sites for hydroxylation is 1.